The molecule has 9 heteroatoms. The molecule has 0 unspecified atom stereocenters. The monoisotopic (exact) mass is 570 g/mol. The van der Waals surface area contributed by atoms with Crippen LogP contribution in [0.3, 0.4) is 0 Å². The van der Waals surface area contributed by atoms with E-state index in [0.29, 0.717) is 12.8 Å². The van der Waals surface area contributed by atoms with Gasteiger partial charge in [-0.2, -0.15) is 0 Å². The van der Waals surface area contributed by atoms with Crippen molar-refractivity contribution < 1.29 is 33.8 Å². The van der Waals surface area contributed by atoms with Crippen LogP contribution in [0.2, 0.25) is 0 Å². The van der Waals surface area contributed by atoms with Gasteiger partial charge in [0.05, 0.1) is 12.3 Å². The molecule has 3 aromatic rings. The number of carbonyl (C=O) groups excluding carboxylic acids is 3. The summed E-state index contributed by atoms with van der Waals surface area (Å²) in [6.07, 6.45) is 0.766. The van der Waals surface area contributed by atoms with Gasteiger partial charge in [0.2, 0.25) is 5.91 Å². The van der Waals surface area contributed by atoms with E-state index in [4.69, 9.17) is 9.47 Å². The summed E-state index contributed by atoms with van der Waals surface area (Å²) in [5.41, 5.74) is 5.07. The van der Waals surface area contributed by atoms with E-state index in [1.165, 1.54) is 0 Å². The van der Waals surface area contributed by atoms with E-state index in [-0.39, 0.29) is 31.6 Å². The summed E-state index contributed by atoms with van der Waals surface area (Å²) in [6.45, 7) is 0.216. The maximum absolute atomic E-state index is 13.2. The first-order chi connectivity index (χ1) is 20.4. The molecule has 9 nitrogen and oxygen atoms in total. The largest absolute Gasteiger partial charge is 0.481 e. The number of esters is 1. The van der Waals surface area contributed by atoms with Crippen LogP contribution >= 0.6 is 0 Å². The van der Waals surface area contributed by atoms with Crippen molar-refractivity contribution in [2.75, 3.05) is 13.2 Å². The van der Waals surface area contributed by atoms with E-state index in [2.05, 4.69) is 10.6 Å². The van der Waals surface area contributed by atoms with Crippen molar-refractivity contribution >= 4 is 23.9 Å². The van der Waals surface area contributed by atoms with Crippen LogP contribution in [0.15, 0.2) is 78.9 Å². The second-order valence-corrected chi connectivity index (χ2v) is 10.8. The number of carboxylic acid groups (broad SMARTS) is 1. The number of rotatable bonds is 11. The van der Waals surface area contributed by atoms with Crippen LogP contribution in [-0.2, 0) is 30.5 Å². The van der Waals surface area contributed by atoms with Gasteiger partial charge >= 0.3 is 18.0 Å². The van der Waals surface area contributed by atoms with Crippen LogP contribution in [0.4, 0.5) is 4.79 Å². The number of ether oxygens (including phenoxy) is 2. The average molecular weight is 571 g/mol. The summed E-state index contributed by atoms with van der Waals surface area (Å²) in [5, 5.41) is 14.7. The van der Waals surface area contributed by atoms with Crippen molar-refractivity contribution in [2.24, 2.45) is 11.8 Å². The number of hydrogen-bond acceptors (Lipinski definition) is 6. The lowest BCUT2D eigenvalue weighted by Crippen LogP contribution is -2.49. The minimum Gasteiger partial charge on any atom is -0.481 e. The molecule has 3 atom stereocenters. The summed E-state index contributed by atoms with van der Waals surface area (Å²) >= 11 is 0. The van der Waals surface area contributed by atoms with Crippen LogP contribution in [0, 0.1) is 11.8 Å². The van der Waals surface area contributed by atoms with Crippen molar-refractivity contribution in [1.29, 1.82) is 0 Å². The molecular weight excluding hydrogens is 536 g/mol. The third kappa shape index (κ3) is 6.79. The number of amides is 2. The van der Waals surface area contributed by atoms with Crippen molar-refractivity contribution in [1.82, 2.24) is 10.6 Å². The smallest absolute Gasteiger partial charge is 0.407 e. The first kappa shape index (κ1) is 28.9. The summed E-state index contributed by atoms with van der Waals surface area (Å²) < 4.78 is 10.9. The third-order valence-electron chi connectivity index (χ3n) is 8.08. The molecule has 1 saturated carbocycles. The van der Waals surface area contributed by atoms with Gasteiger partial charge in [-0.1, -0.05) is 85.3 Å². The number of nitrogens with one attached hydrogen (secondary N) is 2. The highest BCUT2D eigenvalue weighted by Crippen LogP contribution is 2.44. The minimum absolute atomic E-state index is 0.0291. The minimum atomic E-state index is -1.26. The predicted octanol–water partition coefficient (Wildman–Crippen LogP) is 4.64. The van der Waals surface area contributed by atoms with Gasteiger partial charge in [0.1, 0.15) is 19.3 Å². The number of aliphatic carboxylic acids is 1. The molecule has 5 rings (SSSR count). The molecular formula is C33H34N2O7. The van der Waals surface area contributed by atoms with Crippen molar-refractivity contribution in [2.45, 2.75) is 44.2 Å². The summed E-state index contributed by atoms with van der Waals surface area (Å²) in [7, 11) is 0. The molecule has 0 aromatic heterocycles. The molecule has 1 fully saturated rings. The molecule has 2 aliphatic rings. The lowest BCUT2D eigenvalue weighted by molar-refractivity contribution is -0.147. The molecule has 2 amide bonds. The standard InChI is InChI=1S/C33H34N2O7/c36-30(41-19-21-9-2-1-3-10-21)17-29(31(37)34-18-22-11-8-16-23(22)32(38)39)35-33(40)42-20-28-26-14-6-4-12-24(26)25-13-5-7-15-27(25)28/h1-7,9-10,12-15,22-23,28-29H,8,11,16-20H2,(H,34,37)(H,35,40)(H,38,39)/t22-,23-,29+/m1/s1. The Hall–Kier alpha value is -4.66. The predicted molar refractivity (Wildman–Crippen MR) is 154 cm³/mol. The summed E-state index contributed by atoms with van der Waals surface area (Å²) in [4.78, 5) is 50.4. The zero-order valence-electron chi connectivity index (χ0n) is 23.2. The van der Waals surface area contributed by atoms with E-state index in [0.717, 1.165) is 34.2 Å². The number of carboxylic acids is 1. The Bertz CT molecular complexity index is 1400. The zero-order chi connectivity index (χ0) is 29.5. The van der Waals surface area contributed by atoms with Crippen LogP contribution in [0.25, 0.3) is 11.1 Å². The van der Waals surface area contributed by atoms with Gasteiger partial charge < -0.3 is 25.2 Å². The lowest BCUT2D eigenvalue weighted by atomic mass is 9.96. The molecule has 0 aliphatic heterocycles. The van der Waals surface area contributed by atoms with E-state index in [9.17, 15) is 24.3 Å². The summed E-state index contributed by atoms with van der Waals surface area (Å²) in [6, 6.07) is 23.8. The van der Waals surface area contributed by atoms with E-state index in [1.54, 1.807) is 0 Å². The van der Waals surface area contributed by atoms with Gasteiger partial charge in [0, 0.05) is 12.5 Å². The Morgan fingerprint density at radius 3 is 2.14 bits per heavy atom. The van der Waals surface area contributed by atoms with Gasteiger partial charge in [-0.15, -0.1) is 0 Å². The number of carbonyl (C=O) groups is 4. The fourth-order valence-electron chi connectivity index (χ4n) is 5.92. The van der Waals surface area contributed by atoms with E-state index in [1.807, 2.05) is 78.9 Å². The Balaban J connectivity index is 1.22. The Morgan fingerprint density at radius 2 is 1.48 bits per heavy atom. The molecule has 0 spiro atoms. The molecule has 0 bridgehead atoms. The van der Waals surface area contributed by atoms with Gasteiger partial charge in [-0.25, -0.2) is 4.79 Å². The van der Waals surface area contributed by atoms with E-state index < -0.39 is 42.3 Å². The first-order valence-corrected chi connectivity index (χ1v) is 14.2. The maximum Gasteiger partial charge on any atom is 0.407 e. The second-order valence-electron chi connectivity index (χ2n) is 10.8. The SMILES string of the molecule is O=C(C[C@H](NC(=O)OCC1c2ccccc2-c2ccccc21)C(=O)NC[C@H]1CCC[C@H]1C(=O)O)OCc1ccccc1. The summed E-state index contributed by atoms with van der Waals surface area (Å²) in [5.74, 6) is -3.06. The highest BCUT2D eigenvalue weighted by Gasteiger charge is 2.34. The van der Waals surface area contributed by atoms with Gasteiger partial charge in [0.25, 0.3) is 0 Å². The molecule has 0 saturated heterocycles. The van der Waals surface area contributed by atoms with Crippen LogP contribution < -0.4 is 10.6 Å². The van der Waals surface area contributed by atoms with Gasteiger partial charge in [0.15, 0.2) is 0 Å². The number of alkyl carbamates (subject to hydrolysis) is 1. The quantitative estimate of drug-likeness (QED) is 0.286. The van der Waals surface area contributed by atoms with E-state index >= 15 is 0 Å². The average Bonchev–Trinajstić information content (AvgIpc) is 3.61. The fraction of sp³-hybridized carbons (Fsp3) is 0.333. The molecule has 0 radical (unpaired) electrons. The Morgan fingerprint density at radius 1 is 0.833 bits per heavy atom. The Kier molecular flexibility index (Phi) is 9.16. The number of fused-ring (bicyclic) bond motifs is 3. The van der Waals surface area contributed by atoms with Crippen LogP contribution in [-0.4, -0.2) is 48.2 Å². The van der Waals surface area contributed by atoms with Crippen LogP contribution in [0.5, 0.6) is 0 Å². The molecule has 2 aliphatic carbocycles. The third-order valence-corrected chi connectivity index (χ3v) is 8.08. The molecule has 218 valence electrons. The molecule has 0 heterocycles. The van der Waals surface area contributed by atoms with Crippen molar-refractivity contribution in [3.8, 4) is 11.1 Å². The second kappa shape index (κ2) is 13.3. The normalized spacial score (nSPS) is 17.9. The van der Waals surface area contributed by atoms with Crippen LogP contribution in [0.1, 0.15) is 48.3 Å². The number of benzene rings is 3. The molecule has 3 N–H and O–H groups in total. The van der Waals surface area contributed by atoms with Gasteiger partial charge in [-0.05, 0) is 46.6 Å². The highest BCUT2D eigenvalue weighted by atomic mass is 16.5. The first-order valence-electron chi connectivity index (χ1n) is 14.2. The molecule has 42 heavy (non-hydrogen) atoms. The Labute approximate surface area is 244 Å². The highest BCUT2D eigenvalue weighted by molar-refractivity contribution is 5.89. The zero-order valence-corrected chi connectivity index (χ0v) is 23.2. The molecule has 3 aromatic carbocycles. The number of hydrogen-bond donors (Lipinski definition) is 3. The lowest BCUT2D eigenvalue weighted by Gasteiger charge is -2.21. The van der Waals surface area contributed by atoms with Crippen molar-refractivity contribution in [3.63, 3.8) is 0 Å². The maximum atomic E-state index is 13.2. The fourth-order valence-corrected chi connectivity index (χ4v) is 5.92. The topological polar surface area (TPSA) is 131 Å². The van der Waals surface area contributed by atoms with Crippen molar-refractivity contribution in [3.05, 3.63) is 95.6 Å². The van der Waals surface area contributed by atoms with Gasteiger partial charge in [-0.3, -0.25) is 14.4 Å².